The number of nitrogens with zero attached hydrogens (tertiary/aromatic N) is 2. The van der Waals surface area contributed by atoms with Gasteiger partial charge in [0.2, 0.25) is 0 Å². The Bertz CT molecular complexity index is 823. The topological polar surface area (TPSA) is 63.7 Å². The summed E-state index contributed by atoms with van der Waals surface area (Å²) in [7, 11) is -1.47. The minimum Gasteiger partial charge on any atom is -0.445 e. The first kappa shape index (κ1) is 18.6. The van der Waals surface area contributed by atoms with Crippen LogP contribution in [0, 0.1) is 5.92 Å². The number of fused-ring (bicyclic) bond motifs is 1. The van der Waals surface area contributed by atoms with Crippen LogP contribution >= 0.6 is 11.3 Å². The van der Waals surface area contributed by atoms with Gasteiger partial charge in [0.1, 0.15) is 20.2 Å². The van der Waals surface area contributed by atoms with Crippen LogP contribution in [0.15, 0.2) is 36.5 Å². The fourth-order valence-electron chi connectivity index (χ4n) is 3.60. The highest BCUT2D eigenvalue weighted by atomic mass is 32.1. The fraction of sp³-hybridized carbons (Fsp3) is 0.474. The number of hydrogen-bond donors (Lipinski definition) is 1. The number of benzene rings is 1. The van der Waals surface area contributed by atoms with Gasteiger partial charge in [0.25, 0.3) is 0 Å². The molecule has 0 spiro atoms. The third-order valence-electron chi connectivity index (χ3n) is 5.17. The molecule has 27 heavy (non-hydrogen) atoms. The number of carbonyl (C=O) groups is 1. The minimum absolute atomic E-state index is 0.205. The summed E-state index contributed by atoms with van der Waals surface area (Å²) in [5.41, 5.74) is 3.82. The molecule has 144 valence electrons. The molecule has 2 fully saturated rings. The molecule has 8 heteroatoms. The molecule has 2 aliphatic heterocycles. The Balaban J connectivity index is 1.48. The number of rotatable bonds is 4. The van der Waals surface area contributed by atoms with Gasteiger partial charge in [-0.15, -0.1) is 11.3 Å². The highest BCUT2D eigenvalue weighted by molar-refractivity contribution is 7.25. The Hall–Kier alpha value is -1.74. The van der Waals surface area contributed by atoms with E-state index in [0.29, 0.717) is 19.7 Å². The number of nitrogens with one attached hydrogen (secondary N) is 1. The van der Waals surface area contributed by atoms with E-state index < -0.39 is 8.07 Å². The maximum absolute atomic E-state index is 12.6. The lowest BCUT2D eigenvalue weighted by molar-refractivity contribution is 0.0433. The molecule has 1 N–H and O–H groups in total. The summed E-state index contributed by atoms with van der Waals surface area (Å²) in [6.45, 7) is 8.93. The van der Waals surface area contributed by atoms with E-state index in [1.807, 2.05) is 36.5 Å². The van der Waals surface area contributed by atoms with Gasteiger partial charge in [-0.25, -0.2) is 4.79 Å². The van der Waals surface area contributed by atoms with Gasteiger partial charge < -0.3 is 14.5 Å². The van der Waals surface area contributed by atoms with Crippen molar-refractivity contribution in [2.75, 3.05) is 19.7 Å². The quantitative estimate of drug-likeness (QED) is 0.795. The van der Waals surface area contributed by atoms with Crippen molar-refractivity contribution in [3.63, 3.8) is 0 Å². The molecule has 0 unspecified atom stereocenters. The van der Waals surface area contributed by atoms with Crippen LogP contribution in [-0.2, 0) is 21.7 Å². The van der Waals surface area contributed by atoms with E-state index in [0.717, 1.165) is 10.4 Å². The van der Waals surface area contributed by atoms with Crippen LogP contribution < -0.4 is 10.1 Å². The Morgan fingerprint density at radius 2 is 2.19 bits per heavy atom. The summed E-state index contributed by atoms with van der Waals surface area (Å²) in [6, 6.07) is 9.75. The molecule has 2 atom stereocenters. The minimum atomic E-state index is -1.47. The number of amides is 1. The van der Waals surface area contributed by atoms with E-state index in [1.165, 1.54) is 4.63 Å². The summed E-state index contributed by atoms with van der Waals surface area (Å²) in [5.74, 6) is 0.205. The summed E-state index contributed by atoms with van der Waals surface area (Å²) in [4.78, 5) is 25.8. The third-order valence-corrected chi connectivity index (χ3v) is 9.71. The zero-order valence-corrected chi connectivity index (χ0v) is 17.7. The maximum atomic E-state index is 12.6. The maximum Gasteiger partial charge on any atom is 0.410 e. The first-order valence-corrected chi connectivity index (χ1v) is 13.5. The molecule has 0 bridgehead atoms. The van der Waals surface area contributed by atoms with Crippen molar-refractivity contribution in [3.05, 3.63) is 47.0 Å². The molecule has 0 saturated carbocycles. The smallest absolute Gasteiger partial charge is 0.410 e. The second kappa shape index (κ2) is 7.01. The molecule has 2 saturated heterocycles. The fourth-order valence-corrected chi connectivity index (χ4v) is 6.48. The normalized spacial score (nSPS) is 24.9. The van der Waals surface area contributed by atoms with Crippen molar-refractivity contribution in [1.82, 2.24) is 15.4 Å². The van der Waals surface area contributed by atoms with Crippen molar-refractivity contribution in [3.8, 4) is 0 Å². The van der Waals surface area contributed by atoms with Crippen molar-refractivity contribution in [2.24, 2.45) is 5.92 Å². The van der Waals surface area contributed by atoms with Crippen LogP contribution in [0.2, 0.25) is 19.6 Å². The first-order valence-electron chi connectivity index (χ1n) is 9.20. The molecule has 1 amide bonds. The lowest BCUT2D eigenvalue weighted by Crippen LogP contribution is -2.43. The second-order valence-corrected chi connectivity index (χ2v) is 14.6. The predicted octanol–water partition coefficient (Wildman–Crippen LogP) is 2.69. The van der Waals surface area contributed by atoms with Crippen molar-refractivity contribution in [1.29, 1.82) is 0 Å². The molecule has 3 heterocycles. The standard InChI is InChI=1S/C19H25N3O3SSi/c1-27(2,3)17-20-9-16(26-17)19-13-22(10-15(19)12-25-21-19)18(23)24-11-14-7-5-4-6-8-14/h4-9,15,21H,10-13H2,1-3H3/t15-,19-/m1/s1. The zero-order valence-electron chi connectivity index (χ0n) is 15.9. The third kappa shape index (κ3) is 3.54. The Kier molecular flexibility index (Phi) is 4.83. The SMILES string of the molecule is C[Si](C)(C)c1ncc([C@@]23CN(C(=O)OCc4ccccc4)C[C@@H]2CON3)s1. The van der Waals surface area contributed by atoms with Crippen LogP contribution in [0.3, 0.4) is 0 Å². The molecule has 4 rings (SSSR count). The van der Waals surface area contributed by atoms with Gasteiger partial charge in [0.05, 0.1) is 11.2 Å². The molecule has 2 aromatic rings. The van der Waals surface area contributed by atoms with E-state index >= 15 is 0 Å². The molecular weight excluding hydrogens is 378 g/mol. The molecule has 1 aromatic carbocycles. The van der Waals surface area contributed by atoms with Crippen LogP contribution in [0.25, 0.3) is 0 Å². The van der Waals surface area contributed by atoms with E-state index in [1.54, 1.807) is 16.2 Å². The molecule has 1 aromatic heterocycles. The number of hydroxylamine groups is 1. The van der Waals surface area contributed by atoms with E-state index in [-0.39, 0.29) is 24.2 Å². The zero-order chi connectivity index (χ0) is 19.1. The summed E-state index contributed by atoms with van der Waals surface area (Å²) >= 11 is 1.76. The van der Waals surface area contributed by atoms with Gasteiger partial charge in [-0.3, -0.25) is 4.98 Å². The molecular formula is C19H25N3O3SSi. The lowest BCUT2D eigenvalue weighted by atomic mass is 9.88. The van der Waals surface area contributed by atoms with Crippen LogP contribution in [-0.4, -0.2) is 43.7 Å². The van der Waals surface area contributed by atoms with Gasteiger partial charge in [-0.05, 0) is 5.56 Å². The monoisotopic (exact) mass is 403 g/mol. The van der Waals surface area contributed by atoms with Crippen molar-refractivity contribution in [2.45, 2.75) is 31.8 Å². The van der Waals surface area contributed by atoms with Gasteiger partial charge in [0, 0.05) is 30.1 Å². The number of thiazole rings is 1. The number of ether oxygens (including phenoxy) is 1. The Morgan fingerprint density at radius 3 is 2.89 bits per heavy atom. The highest BCUT2D eigenvalue weighted by Gasteiger charge is 2.55. The average Bonchev–Trinajstić information content (AvgIpc) is 3.33. The number of likely N-dealkylation sites (tertiary alicyclic amines) is 1. The second-order valence-electron chi connectivity index (χ2n) is 8.28. The van der Waals surface area contributed by atoms with Crippen molar-refractivity contribution < 1.29 is 14.4 Å². The van der Waals surface area contributed by atoms with Crippen molar-refractivity contribution >= 4 is 30.1 Å². The van der Waals surface area contributed by atoms with Gasteiger partial charge >= 0.3 is 6.09 Å². The molecule has 0 aliphatic carbocycles. The Morgan fingerprint density at radius 1 is 1.41 bits per heavy atom. The molecule has 6 nitrogen and oxygen atoms in total. The number of carbonyl (C=O) groups excluding carboxylic acids is 1. The molecule has 2 aliphatic rings. The largest absolute Gasteiger partial charge is 0.445 e. The van der Waals surface area contributed by atoms with Crippen LogP contribution in [0.4, 0.5) is 4.79 Å². The summed E-state index contributed by atoms with van der Waals surface area (Å²) in [6.07, 6.45) is 1.69. The first-order chi connectivity index (χ1) is 12.9. The van der Waals surface area contributed by atoms with E-state index in [4.69, 9.17) is 9.57 Å². The van der Waals surface area contributed by atoms with Gasteiger partial charge in [0.15, 0.2) is 0 Å². The van der Waals surface area contributed by atoms with Gasteiger partial charge in [-0.2, -0.15) is 5.48 Å². The predicted molar refractivity (Wildman–Crippen MR) is 108 cm³/mol. The van der Waals surface area contributed by atoms with Crippen LogP contribution in [0.5, 0.6) is 0 Å². The Labute approximate surface area is 164 Å². The van der Waals surface area contributed by atoms with E-state index in [2.05, 4.69) is 30.1 Å². The summed E-state index contributed by atoms with van der Waals surface area (Å²) in [5, 5.41) is 0. The number of hydrogen-bond acceptors (Lipinski definition) is 6. The average molecular weight is 404 g/mol. The summed E-state index contributed by atoms with van der Waals surface area (Å²) < 4.78 is 6.76. The van der Waals surface area contributed by atoms with Crippen LogP contribution in [0.1, 0.15) is 10.4 Å². The molecule has 0 radical (unpaired) electrons. The number of aromatic nitrogens is 1. The lowest BCUT2D eigenvalue weighted by Gasteiger charge is -2.25. The van der Waals surface area contributed by atoms with E-state index in [9.17, 15) is 4.79 Å². The van der Waals surface area contributed by atoms with Gasteiger partial charge in [-0.1, -0.05) is 50.0 Å². The highest BCUT2D eigenvalue weighted by Crippen LogP contribution is 2.42.